The van der Waals surface area contributed by atoms with Crippen LogP contribution < -0.4 is 9.21 Å². The Balaban J connectivity index is 1.50. The van der Waals surface area contributed by atoms with Gasteiger partial charge in [-0.05, 0) is 43.2 Å². The van der Waals surface area contributed by atoms with Gasteiger partial charge in [0.1, 0.15) is 0 Å². The molecule has 0 radical (unpaired) electrons. The van der Waals surface area contributed by atoms with Crippen LogP contribution in [0.15, 0.2) is 48.5 Å². The van der Waals surface area contributed by atoms with Gasteiger partial charge in [-0.3, -0.25) is 9.10 Å². The van der Waals surface area contributed by atoms with Crippen LogP contribution in [0.25, 0.3) is 0 Å². The Bertz CT molecular complexity index is 989. The van der Waals surface area contributed by atoms with Gasteiger partial charge in [-0.2, -0.15) is 0 Å². The smallest absolute Gasteiger partial charge is 0.254 e. The van der Waals surface area contributed by atoms with Gasteiger partial charge in [0, 0.05) is 44.0 Å². The van der Waals surface area contributed by atoms with Gasteiger partial charge < -0.3 is 9.80 Å². The predicted octanol–water partition coefficient (Wildman–Crippen LogP) is 3.23. The zero-order chi connectivity index (χ0) is 20.4. The zero-order valence-corrected chi connectivity index (χ0v) is 17.7. The van der Waals surface area contributed by atoms with Crippen LogP contribution in [0.2, 0.25) is 5.02 Å². The van der Waals surface area contributed by atoms with Gasteiger partial charge in [-0.15, -0.1) is 0 Å². The third kappa shape index (κ3) is 4.21. The lowest BCUT2D eigenvalue weighted by atomic mass is 10.1. The molecule has 29 heavy (non-hydrogen) atoms. The standard InChI is InChI=1S/C21H24ClN3O3S/c22-19-9-8-17(16-20(19)25-10-4-5-15-29(25,27)28)21(26)24-13-11-23(12-14-24)18-6-2-1-3-7-18/h1-3,6-9,16H,4-5,10-15H2. The first kappa shape index (κ1) is 20.0. The van der Waals surface area contributed by atoms with Crippen molar-refractivity contribution in [3.63, 3.8) is 0 Å². The molecule has 0 saturated carbocycles. The van der Waals surface area contributed by atoms with Crippen molar-refractivity contribution in [2.45, 2.75) is 12.8 Å². The minimum Gasteiger partial charge on any atom is -0.368 e. The molecule has 1 amide bonds. The number of piperazine rings is 1. The Labute approximate surface area is 176 Å². The van der Waals surface area contributed by atoms with Gasteiger partial charge in [-0.1, -0.05) is 29.8 Å². The lowest BCUT2D eigenvalue weighted by Crippen LogP contribution is -2.48. The highest BCUT2D eigenvalue weighted by molar-refractivity contribution is 7.92. The number of sulfonamides is 1. The van der Waals surface area contributed by atoms with E-state index in [-0.39, 0.29) is 11.7 Å². The molecule has 0 aromatic heterocycles. The van der Waals surface area contributed by atoms with Crippen molar-refractivity contribution in [1.29, 1.82) is 0 Å². The number of amides is 1. The van der Waals surface area contributed by atoms with Gasteiger partial charge in [0.15, 0.2) is 0 Å². The number of halogens is 1. The van der Waals surface area contributed by atoms with E-state index in [4.69, 9.17) is 11.6 Å². The normalized spacial score (nSPS) is 19.3. The van der Waals surface area contributed by atoms with Crippen LogP contribution in [-0.2, 0) is 10.0 Å². The second kappa shape index (κ2) is 8.24. The van der Waals surface area contributed by atoms with Gasteiger partial charge >= 0.3 is 0 Å². The Morgan fingerprint density at radius 1 is 0.897 bits per heavy atom. The van der Waals surface area contributed by atoms with Crippen molar-refractivity contribution in [3.8, 4) is 0 Å². The van der Waals surface area contributed by atoms with Crippen LogP contribution >= 0.6 is 11.6 Å². The summed E-state index contributed by atoms with van der Waals surface area (Å²) in [5, 5.41) is 0.348. The molecule has 0 spiro atoms. The molecule has 2 aromatic carbocycles. The van der Waals surface area contributed by atoms with E-state index in [1.807, 2.05) is 23.1 Å². The second-order valence-electron chi connectivity index (χ2n) is 7.38. The molecule has 2 heterocycles. The zero-order valence-electron chi connectivity index (χ0n) is 16.1. The van der Waals surface area contributed by atoms with Crippen molar-refractivity contribution in [1.82, 2.24) is 4.90 Å². The first-order chi connectivity index (χ1) is 14.0. The first-order valence-electron chi connectivity index (χ1n) is 9.85. The number of carbonyl (C=O) groups excluding carboxylic acids is 1. The van der Waals surface area contributed by atoms with E-state index in [1.54, 1.807) is 18.2 Å². The summed E-state index contributed by atoms with van der Waals surface area (Å²) in [6, 6.07) is 15.1. The fourth-order valence-electron chi connectivity index (χ4n) is 3.89. The average Bonchev–Trinajstić information content (AvgIpc) is 2.74. The van der Waals surface area contributed by atoms with Gasteiger partial charge in [0.2, 0.25) is 10.0 Å². The van der Waals surface area contributed by atoms with E-state index in [0.29, 0.717) is 42.3 Å². The maximum atomic E-state index is 13.0. The predicted molar refractivity (Wildman–Crippen MR) is 116 cm³/mol. The minimum atomic E-state index is -3.39. The summed E-state index contributed by atoms with van der Waals surface area (Å²) in [5.41, 5.74) is 2.03. The van der Waals surface area contributed by atoms with Gasteiger partial charge in [-0.25, -0.2) is 8.42 Å². The van der Waals surface area contributed by atoms with Crippen LogP contribution in [0.3, 0.4) is 0 Å². The van der Waals surface area contributed by atoms with Crippen molar-refractivity contribution < 1.29 is 13.2 Å². The third-order valence-electron chi connectivity index (χ3n) is 5.50. The molecule has 0 atom stereocenters. The summed E-state index contributed by atoms with van der Waals surface area (Å²) in [7, 11) is -3.39. The van der Waals surface area contributed by atoms with Crippen LogP contribution in [0, 0.1) is 0 Å². The number of rotatable bonds is 3. The van der Waals surface area contributed by atoms with Crippen LogP contribution in [0.1, 0.15) is 23.2 Å². The van der Waals surface area contributed by atoms with E-state index < -0.39 is 10.0 Å². The molecular weight excluding hydrogens is 410 g/mol. The number of benzene rings is 2. The number of hydrogen-bond donors (Lipinski definition) is 0. The fraction of sp³-hybridized carbons (Fsp3) is 0.381. The minimum absolute atomic E-state index is 0.0926. The van der Waals surface area contributed by atoms with E-state index in [9.17, 15) is 13.2 Å². The summed E-state index contributed by atoms with van der Waals surface area (Å²) in [4.78, 5) is 17.1. The van der Waals surface area contributed by atoms with Crippen molar-refractivity contribution in [2.24, 2.45) is 0 Å². The summed E-state index contributed by atoms with van der Waals surface area (Å²) >= 11 is 6.30. The largest absolute Gasteiger partial charge is 0.368 e. The number of hydrogen-bond acceptors (Lipinski definition) is 4. The van der Waals surface area contributed by atoms with Gasteiger partial charge in [0.25, 0.3) is 5.91 Å². The Morgan fingerprint density at radius 2 is 1.62 bits per heavy atom. The number of nitrogens with zero attached hydrogens (tertiary/aromatic N) is 3. The second-order valence-corrected chi connectivity index (χ2v) is 9.80. The van der Waals surface area contributed by atoms with E-state index >= 15 is 0 Å². The third-order valence-corrected chi connectivity index (χ3v) is 7.67. The number of anilines is 2. The first-order valence-corrected chi connectivity index (χ1v) is 11.8. The molecule has 6 nitrogen and oxygen atoms in total. The Hall–Kier alpha value is -2.25. The Kier molecular flexibility index (Phi) is 5.69. The van der Waals surface area contributed by atoms with E-state index in [2.05, 4.69) is 17.0 Å². The maximum absolute atomic E-state index is 13.0. The lowest BCUT2D eigenvalue weighted by molar-refractivity contribution is 0.0747. The Morgan fingerprint density at radius 3 is 2.31 bits per heavy atom. The van der Waals surface area contributed by atoms with Crippen LogP contribution in [0.5, 0.6) is 0 Å². The van der Waals surface area contributed by atoms with Crippen LogP contribution in [0.4, 0.5) is 11.4 Å². The highest BCUT2D eigenvalue weighted by Gasteiger charge is 2.29. The topological polar surface area (TPSA) is 60.9 Å². The number of para-hydroxylation sites is 1. The maximum Gasteiger partial charge on any atom is 0.254 e. The molecule has 0 unspecified atom stereocenters. The molecule has 2 aliphatic rings. The molecule has 8 heteroatoms. The molecule has 0 aliphatic carbocycles. The molecule has 0 bridgehead atoms. The average molecular weight is 434 g/mol. The van der Waals surface area contributed by atoms with E-state index in [1.165, 1.54) is 4.31 Å². The molecule has 154 valence electrons. The van der Waals surface area contributed by atoms with Crippen molar-refractivity contribution in [3.05, 3.63) is 59.1 Å². The van der Waals surface area contributed by atoms with Crippen LogP contribution in [-0.4, -0.2) is 57.7 Å². The molecule has 4 rings (SSSR count). The summed E-state index contributed by atoms with van der Waals surface area (Å²) in [5.74, 6) is 0.0215. The molecule has 2 fully saturated rings. The highest BCUT2D eigenvalue weighted by atomic mass is 35.5. The molecular formula is C21H24ClN3O3S. The van der Waals surface area contributed by atoms with Crippen molar-refractivity contribution in [2.75, 3.05) is 47.7 Å². The molecule has 2 saturated heterocycles. The lowest BCUT2D eigenvalue weighted by Gasteiger charge is -2.36. The summed E-state index contributed by atoms with van der Waals surface area (Å²) < 4.78 is 26.3. The number of carbonyl (C=O) groups is 1. The highest BCUT2D eigenvalue weighted by Crippen LogP contribution is 2.32. The molecule has 0 N–H and O–H groups in total. The fourth-order valence-corrected chi connectivity index (χ4v) is 5.80. The molecule has 2 aromatic rings. The summed E-state index contributed by atoms with van der Waals surface area (Å²) in [6.45, 7) is 3.16. The molecule has 2 aliphatic heterocycles. The van der Waals surface area contributed by atoms with Gasteiger partial charge in [0.05, 0.1) is 16.5 Å². The monoisotopic (exact) mass is 433 g/mol. The quantitative estimate of drug-likeness (QED) is 0.745. The SMILES string of the molecule is O=C(c1ccc(Cl)c(N2CCCCS2(=O)=O)c1)N1CCN(c2ccccc2)CC1. The summed E-state index contributed by atoms with van der Waals surface area (Å²) in [6.07, 6.45) is 1.44. The van der Waals surface area contributed by atoms with E-state index in [0.717, 1.165) is 25.2 Å². The van der Waals surface area contributed by atoms with Crippen molar-refractivity contribution >= 4 is 38.9 Å².